The van der Waals surface area contributed by atoms with E-state index >= 15 is 0 Å². The molecule has 1 aliphatic rings. The number of hydrogen-bond acceptors (Lipinski definition) is 4. The Labute approximate surface area is 204 Å². The number of carbonyl (C=O) groups is 3. The SMILES string of the molecule is [B]c1ccc(C[C@H]2NC(=O)O[C@@H]2C(=O)NCCCCNC(=O)CCCc2cc(F)ccc2F)cc1. The second kappa shape index (κ2) is 12.9. The van der Waals surface area contributed by atoms with E-state index in [4.69, 9.17) is 12.6 Å². The smallest absolute Gasteiger partial charge is 0.408 e. The third-order valence-corrected chi connectivity index (χ3v) is 5.68. The minimum Gasteiger partial charge on any atom is -0.434 e. The molecule has 1 fully saturated rings. The standard InChI is InChI=1S/C25H28BF2N3O4/c26-18-8-6-16(7-9-18)14-21-23(35-25(34)31-21)24(33)30-13-2-1-12-29-22(32)5-3-4-17-15-19(27)10-11-20(17)28/h6-11,15,21,23H,1-5,12-14H2,(H,29,32)(H,30,33)(H,31,34)/t21-,23+/m1/s1. The van der Waals surface area contributed by atoms with E-state index in [1.807, 2.05) is 12.1 Å². The molecule has 184 valence electrons. The summed E-state index contributed by atoms with van der Waals surface area (Å²) in [6.45, 7) is 0.805. The number of nitrogens with one attached hydrogen (secondary N) is 3. The number of benzene rings is 2. The average molecular weight is 483 g/mol. The number of aryl methyl sites for hydroxylation is 1. The quantitative estimate of drug-likeness (QED) is 0.317. The van der Waals surface area contributed by atoms with Gasteiger partial charge in [-0.3, -0.25) is 9.59 Å². The Balaban J connectivity index is 1.29. The zero-order valence-electron chi connectivity index (χ0n) is 19.3. The molecule has 1 saturated heterocycles. The number of halogens is 2. The van der Waals surface area contributed by atoms with Crippen LogP contribution in [0.4, 0.5) is 13.6 Å². The lowest BCUT2D eigenvalue weighted by molar-refractivity contribution is -0.128. The van der Waals surface area contributed by atoms with Crippen molar-refractivity contribution in [3.8, 4) is 0 Å². The second-order valence-electron chi connectivity index (χ2n) is 8.46. The van der Waals surface area contributed by atoms with Gasteiger partial charge in [0.05, 0.1) is 6.04 Å². The molecule has 2 aromatic carbocycles. The molecule has 0 saturated carbocycles. The minimum absolute atomic E-state index is 0.166. The van der Waals surface area contributed by atoms with Gasteiger partial charge in [-0.2, -0.15) is 0 Å². The van der Waals surface area contributed by atoms with E-state index in [0.29, 0.717) is 44.2 Å². The van der Waals surface area contributed by atoms with Crippen molar-refractivity contribution in [3.63, 3.8) is 0 Å². The average Bonchev–Trinajstić information content (AvgIpc) is 3.19. The van der Waals surface area contributed by atoms with Crippen molar-refractivity contribution in [1.29, 1.82) is 0 Å². The van der Waals surface area contributed by atoms with Gasteiger partial charge in [-0.05, 0) is 61.4 Å². The lowest BCUT2D eigenvalue weighted by atomic mass is 9.93. The molecule has 2 aromatic rings. The van der Waals surface area contributed by atoms with E-state index in [1.165, 1.54) is 0 Å². The fraction of sp³-hybridized carbons (Fsp3) is 0.400. The van der Waals surface area contributed by atoms with Crippen molar-refractivity contribution >= 4 is 31.2 Å². The summed E-state index contributed by atoms with van der Waals surface area (Å²) in [5, 5.41) is 8.20. The summed E-state index contributed by atoms with van der Waals surface area (Å²) < 4.78 is 31.9. The Bertz CT molecular complexity index is 1040. The molecular formula is C25H28BF2N3O4. The summed E-state index contributed by atoms with van der Waals surface area (Å²) in [5.41, 5.74) is 1.81. The molecule has 0 unspecified atom stereocenters. The summed E-state index contributed by atoms with van der Waals surface area (Å²) in [5.74, 6) is -1.52. The first-order valence-electron chi connectivity index (χ1n) is 11.6. The minimum atomic E-state index is -0.928. The second-order valence-corrected chi connectivity index (χ2v) is 8.46. The molecule has 1 heterocycles. The molecule has 2 atom stereocenters. The third-order valence-electron chi connectivity index (χ3n) is 5.68. The predicted molar refractivity (Wildman–Crippen MR) is 127 cm³/mol. The van der Waals surface area contributed by atoms with Gasteiger partial charge >= 0.3 is 6.09 Å². The summed E-state index contributed by atoms with van der Waals surface area (Å²) in [6.07, 6.45) is 1.04. The van der Waals surface area contributed by atoms with Crippen LogP contribution in [0.25, 0.3) is 0 Å². The Kier molecular flexibility index (Phi) is 9.63. The molecule has 2 radical (unpaired) electrons. The predicted octanol–water partition coefficient (Wildman–Crippen LogP) is 1.81. The van der Waals surface area contributed by atoms with Gasteiger partial charge in [-0.1, -0.05) is 29.7 Å². The number of ether oxygens (including phenoxy) is 1. The topological polar surface area (TPSA) is 96.5 Å². The molecule has 10 heteroatoms. The van der Waals surface area contributed by atoms with Gasteiger partial charge in [0.2, 0.25) is 12.0 Å². The number of cyclic esters (lactones) is 1. The Morgan fingerprint density at radius 3 is 2.46 bits per heavy atom. The first kappa shape index (κ1) is 26.2. The van der Waals surface area contributed by atoms with Crippen LogP contribution in [0, 0.1) is 11.6 Å². The molecule has 3 rings (SSSR count). The lowest BCUT2D eigenvalue weighted by Gasteiger charge is -2.17. The summed E-state index contributed by atoms with van der Waals surface area (Å²) in [6, 6.07) is 9.99. The number of carbonyl (C=O) groups excluding carboxylic acids is 3. The monoisotopic (exact) mass is 483 g/mol. The lowest BCUT2D eigenvalue weighted by Crippen LogP contribution is -2.44. The maximum atomic E-state index is 13.6. The van der Waals surface area contributed by atoms with Crippen molar-refractivity contribution in [2.75, 3.05) is 13.1 Å². The Morgan fingerprint density at radius 1 is 1.00 bits per heavy atom. The van der Waals surface area contributed by atoms with Crippen LogP contribution in [0.15, 0.2) is 42.5 Å². The van der Waals surface area contributed by atoms with Gasteiger partial charge in [0.25, 0.3) is 5.91 Å². The number of amides is 3. The highest BCUT2D eigenvalue weighted by molar-refractivity contribution is 6.32. The third kappa shape index (κ3) is 8.38. The van der Waals surface area contributed by atoms with E-state index in [-0.39, 0.29) is 30.2 Å². The molecule has 3 N–H and O–H groups in total. The van der Waals surface area contributed by atoms with Crippen LogP contribution in [0.1, 0.15) is 36.8 Å². The number of alkyl carbamates (subject to hydrolysis) is 1. The van der Waals surface area contributed by atoms with Gasteiger partial charge in [-0.15, -0.1) is 0 Å². The summed E-state index contributed by atoms with van der Waals surface area (Å²) in [4.78, 5) is 36.1. The molecule has 1 aliphatic heterocycles. The highest BCUT2D eigenvalue weighted by atomic mass is 19.1. The van der Waals surface area contributed by atoms with Crippen LogP contribution < -0.4 is 21.4 Å². The summed E-state index contributed by atoms with van der Waals surface area (Å²) >= 11 is 0. The highest BCUT2D eigenvalue weighted by Gasteiger charge is 2.39. The van der Waals surface area contributed by atoms with Crippen LogP contribution in [0.3, 0.4) is 0 Å². The van der Waals surface area contributed by atoms with Crippen molar-refractivity contribution < 1.29 is 27.9 Å². The van der Waals surface area contributed by atoms with Gasteiger partial charge in [0, 0.05) is 19.5 Å². The van der Waals surface area contributed by atoms with E-state index in [1.54, 1.807) is 12.1 Å². The van der Waals surface area contributed by atoms with Gasteiger partial charge in [0.1, 0.15) is 19.5 Å². The maximum absolute atomic E-state index is 13.6. The largest absolute Gasteiger partial charge is 0.434 e. The number of rotatable bonds is 12. The van der Waals surface area contributed by atoms with Gasteiger partial charge in [0.15, 0.2) is 0 Å². The first-order chi connectivity index (χ1) is 16.8. The van der Waals surface area contributed by atoms with Crippen LogP contribution in [-0.4, -0.2) is 51.0 Å². The van der Waals surface area contributed by atoms with Gasteiger partial charge in [-0.25, -0.2) is 13.6 Å². The first-order valence-corrected chi connectivity index (χ1v) is 11.6. The highest BCUT2D eigenvalue weighted by Crippen LogP contribution is 2.15. The maximum Gasteiger partial charge on any atom is 0.408 e. The molecule has 0 aliphatic carbocycles. The molecule has 35 heavy (non-hydrogen) atoms. The normalized spacial score (nSPS) is 16.9. The fourth-order valence-corrected chi connectivity index (χ4v) is 3.81. The molecule has 0 aromatic heterocycles. The van der Waals surface area contributed by atoms with Crippen LogP contribution in [0.2, 0.25) is 0 Å². The van der Waals surface area contributed by atoms with E-state index in [9.17, 15) is 23.2 Å². The molecular weight excluding hydrogens is 455 g/mol. The van der Waals surface area contributed by atoms with Crippen molar-refractivity contribution in [3.05, 3.63) is 65.2 Å². The van der Waals surface area contributed by atoms with Crippen LogP contribution >= 0.6 is 0 Å². The Hall–Kier alpha value is -3.43. The van der Waals surface area contributed by atoms with Crippen molar-refractivity contribution in [2.24, 2.45) is 0 Å². The van der Waals surface area contributed by atoms with E-state index < -0.39 is 29.9 Å². The zero-order chi connectivity index (χ0) is 25.2. The zero-order valence-corrected chi connectivity index (χ0v) is 19.3. The van der Waals surface area contributed by atoms with Crippen LogP contribution in [0.5, 0.6) is 0 Å². The van der Waals surface area contributed by atoms with E-state index in [2.05, 4.69) is 16.0 Å². The Morgan fingerprint density at radius 2 is 1.71 bits per heavy atom. The molecule has 7 nitrogen and oxygen atoms in total. The molecule has 0 spiro atoms. The van der Waals surface area contributed by atoms with Crippen molar-refractivity contribution in [1.82, 2.24) is 16.0 Å². The fourth-order valence-electron chi connectivity index (χ4n) is 3.81. The van der Waals surface area contributed by atoms with Gasteiger partial charge < -0.3 is 20.7 Å². The van der Waals surface area contributed by atoms with E-state index in [0.717, 1.165) is 23.8 Å². The van der Waals surface area contributed by atoms with Crippen molar-refractivity contribution in [2.45, 2.75) is 50.7 Å². The van der Waals surface area contributed by atoms with Crippen LogP contribution in [-0.2, 0) is 27.2 Å². The molecule has 0 bridgehead atoms. The number of hydrogen-bond donors (Lipinski definition) is 3. The summed E-state index contributed by atoms with van der Waals surface area (Å²) in [7, 11) is 5.69. The molecule has 3 amide bonds. The number of unbranched alkanes of at least 4 members (excludes halogenated alkanes) is 1.